The van der Waals surface area contributed by atoms with Crippen LogP contribution in [0, 0.1) is 0 Å². The summed E-state index contributed by atoms with van der Waals surface area (Å²) in [7, 11) is 0. The molecule has 1 aromatic heterocycles. The number of fused-ring (bicyclic) bond motifs is 5. The molecule has 1 N–H and O–H groups in total. The van der Waals surface area contributed by atoms with Gasteiger partial charge in [0.2, 0.25) is 5.91 Å². The van der Waals surface area contributed by atoms with Crippen molar-refractivity contribution in [2.45, 2.75) is 13.8 Å². The highest BCUT2D eigenvalue weighted by molar-refractivity contribution is 6.20. The van der Waals surface area contributed by atoms with Crippen LogP contribution in [0.15, 0.2) is 86.7 Å². The number of hydrogen-bond acceptors (Lipinski definition) is 5. The van der Waals surface area contributed by atoms with Crippen LogP contribution in [0.3, 0.4) is 0 Å². The Labute approximate surface area is 174 Å². The van der Waals surface area contributed by atoms with Crippen LogP contribution >= 0.6 is 0 Å². The van der Waals surface area contributed by atoms with Crippen molar-refractivity contribution in [3.63, 3.8) is 0 Å². The molecule has 146 valence electrons. The van der Waals surface area contributed by atoms with E-state index < -0.39 is 0 Å². The van der Waals surface area contributed by atoms with E-state index in [9.17, 15) is 9.90 Å². The largest absolute Gasteiger partial charge is 0.512 e. The second kappa shape index (κ2) is 6.77. The summed E-state index contributed by atoms with van der Waals surface area (Å²) in [5, 5.41) is 11.0. The lowest BCUT2D eigenvalue weighted by Gasteiger charge is -2.02. The van der Waals surface area contributed by atoms with Crippen molar-refractivity contribution < 1.29 is 11.3 Å². The Bertz CT molecular complexity index is 1460. The van der Waals surface area contributed by atoms with E-state index in [1.54, 1.807) is 12.2 Å². The second-order valence-corrected chi connectivity index (χ2v) is 7.17. The highest BCUT2D eigenvalue weighted by Crippen LogP contribution is 2.19. The molecule has 0 aromatic carbocycles. The van der Waals surface area contributed by atoms with Gasteiger partial charge in [0, 0.05) is 12.1 Å². The number of aliphatic imine (C=N–C) groups is 3. The van der Waals surface area contributed by atoms with Crippen LogP contribution in [0.25, 0.3) is 17.9 Å². The number of nitrogens with zero attached hydrogens (tertiary/aromatic N) is 4. The van der Waals surface area contributed by atoms with E-state index in [1.165, 1.54) is 18.4 Å². The quantitative estimate of drug-likeness (QED) is 0.733. The average molecular weight is 395 g/mol. The van der Waals surface area contributed by atoms with Crippen molar-refractivity contribution in [1.29, 1.82) is 0 Å². The predicted octanol–water partition coefficient (Wildman–Crippen LogP) is 2.77. The average Bonchev–Trinajstić information content (AvgIpc) is 3.46. The SMILES string of the molecule is [2H]c1c2n(C(C)=O)c(c1=C(C)O)=CC1=NC(=CC3=NC(=CC4=NC(=C2)C=C4)C=C3)C=C1. The molecular weight excluding hydrogens is 376 g/mol. The van der Waals surface area contributed by atoms with Gasteiger partial charge < -0.3 is 5.11 Å². The van der Waals surface area contributed by atoms with Gasteiger partial charge in [-0.15, -0.1) is 0 Å². The second-order valence-electron chi connectivity index (χ2n) is 7.17. The molecule has 0 fully saturated rings. The Kier molecular flexibility index (Phi) is 3.81. The first-order valence-electron chi connectivity index (χ1n) is 9.98. The minimum absolute atomic E-state index is 0.0418. The molecule has 8 bridgehead atoms. The van der Waals surface area contributed by atoms with Gasteiger partial charge in [0.05, 0.1) is 52.4 Å². The minimum Gasteiger partial charge on any atom is -0.512 e. The summed E-state index contributed by atoms with van der Waals surface area (Å²) in [5.74, 6) is -0.316. The van der Waals surface area contributed by atoms with E-state index in [1.807, 2.05) is 48.6 Å². The number of allylic oxidation sites excluding steroid dienone is 8. The molecule has 4 aliphatic heterocycles. The zero-order valence-corrected chi connectivity index (χ0v) is 16.4. The Hall–Kier alpha value is -4.06. The van der Waals surface area contributed by atoms with Gasteiger partial charge in [-0.25, -0.2) is 15.0 Å². The molecule has 0 unspecified atom stereocenters. The van der Waals surface area contributed by atoms with Crippen LogP contribution in [0.4, 0.5) is 0 Å². The molecule has 6 nitrogen and oxygen atoms in total. The van der Waals surface area contributed by atoms with Crippen LogP contribution in [-0.2, 0) is 0 Å². The van der Waals surface area contributed by atoms with E-state index in [2.05, 4.69) is 15.0 Å². The molecule has 5 heterocycles. The first kappa shape index (κ1) is 16.9. The summed E-state index contributed by atoms with van der Waals surface area (Å²) in [5.41, 5.74) is 4.58. The molecule has 6 heteroatoms. The maximum atomic E-state index is 12.6. The fraction of sp³-hybridized carbons (Fsp3) is 0.0833. The van der Waals surface area contributed by atoms with Crippen molar-refractivity contribution in [2.24, 2.45) is 15.0 Å². The zero-order valence-electron chi connectivity index (χ0n) is 17.4. The third-order valence-corrected chi connectivity index (χ3v) is 4.88. The van der Waals surface area contributed by atoms with Crippen molar-refractivity contribution in [3.8, 4) is 0 Å². The lowest BCUT2D eigenvalue weighted by atomic mass is 10.2. The Morgan fingerprint density at radius 2 is 1.33 bits per heavy atom. The minimum atomic E-state index is -0.275. The van der Waals surface area contributed by atoms with Gasteiger partial charge >= 0.3 is 0 Å². The number of carbonyl (C=O) groups is 1. The van der Waals surface area contributed by atoms with Crippen LogP contribution in [0.2, 0.25) is 0 Å². The van der Waals surface area contributed by atoms with Gasteiger partial charge in [0.1, 0.15) is 0 Å². The first-order valence-corrected chi connectivity index (χ1v) is 9.48. The number of aliphatic hydroxyl groups is 1. The molecule has 0 saturated carbocycles. The van der Waals surface area contributed by atoms with Crippen molar-refractivity contribution in [3.05, 3.63) is 88.0 Å². The van der Waals surface area contributed by atoms with Crippen LogP contribution in [0.1, 0.15) is 25.7 Å². The molecule has 0 aliphatic carbocycles. The van der Waals surface area contributed by atoms with E-state index in [0.717, 1.165) is 22.8 Å². The highest BCUT2D eigenvalue weighted by atomic mass is 16.3. The number of aromatic nitrogens is 1. The first-order chi connectivity index (χ1) is 14.9. The fourth-order valence-electron chi connectivity index (χ4n) is 3.59. The van der Waals surface area contributed by atoms with Gasteiger partial charge in [-0.3, -0.25) is 9.36 Å². The van der Waals surface area contributed by atoms with E-state index in [4.69, 9.17) is 1.37 Å². The maximum Gasteiger partial charge on any atom is 0.228 e. The number of hydrogen-bond donors (Lipinski definition) is 1. The summed E-state index contributed by atoms with van der Waals surface area (Å²) < 4.78 is 10.1. The molecule has 0 spiro atoms. The molecule has 0 radical (unpaired) electrons. The van der Waals surface area contributed by atoms with E-state index in [-0.39, 0.29) is 17.7 Å². The smallest absolute Gasteiger partial charge is 0.228 e. The number of carbonyl (C=O) groups excluding carboxylic acids is 1. The lowest BCUT2D eigenvalue weighted by molar-refractivity contribution is 0.0933. The summed E-state index contributed by atoms with van der Waals surface area (Å²) >= 11 is 0. The van der Waals surface area contributed by atoms with Gasteiger partial charge in [-0.2, -0.15) is 0 Å². The lowest BCUT2D eigenvalue weighted by Crippen LogP contribution is -2.34. The van der Waals surface area contributed by atoms with Gasteiger partial charge in [-0.05, 0) is 73.7 Å². The Balaban J connectivity index is 1.88. The van der Waals surface area contributed by atoms with Gasteiger partial charge in [0.15, 0.2) is 0 Å². The van der Waals surface area contributed by atoms with Crippen LogP contribution < -0.4 is 10.6 Å². The third kappa shape index (κ3) is 3.18. The van der Waals surface area contributed by atoms with Crippen LogP contribution in [0.5, 0.6) is 0 Å². The number of rotatable bonds is 0. The molecule has 1 aromatic rings. The predicted molar refractivity (Wildman–Crippen MR) is 120 cm³/mol. The van der Waals surface area contributed by atoms with E-state index >= 15 is 0 Å². The van der Waals surface area contributed by atoms with Crippen molar-refractivity contribution in [2.75, 3.05) is 0 Å². The third-order valence-electron chi connectivity index (χ3n) is 4.88. The summed E-state index contributed by atoms with van der Waals surface area (Å²) in [4.78, 5) is 26.3. The molecule has 30 heavy (non-hydrogen) atoms. The van der Waals surface area contributed by atoms with Crippen molar-refractivity contribution in [1.82, 2.24) is 4.57 Å². The molecular formula is C24H18N4O2. The molecule has 5 rings (SSSR count). The molecule has 0 amide bonds. The van der Waals surface area contributed by atoms with Gasteiger partial charge in [0.25, 0.3) is 0 Å². The Morgan fingerprint density at radius 1 is 0.833 bits per heavy atom. The molecule has 0 atom stereocenters. The summed E-state index contributed by atoms with van der Waals surface area (Å²) in [6.45, 7) is 2.93. The topological polar surface area (TPSA) is 79.3 Å². The standard InChI is InChI=1S/C24H18N4O2/c1-14(29)23-13-22-11-20-7-5-18(26-20)9-16-3-4-17(25-16)10-19-6-8-21(27-19)12-24(23)28(22)15(2)30/h3-13,29H,1-2H3/i13D. The molecule has 4 aliphatic rings. The maximum absolute atomic E-state index is 12.6. The van der Waals surface area contributed by atoms with E-state index in [0.29, 0.717) is 27.7 Å². The summed E-state index contributed by atoms with van der Waals surface area (Å²) in [6, 6.07) is 0.0551. The highest BCUT2D eigenvalue weighted by Gasteiger charge is 2.14. The summed E-state index contributed by atoms with van der Waals surface area (Å²) in [6.07, 6.45) is 18.3. The Morgan fingerprint density at radius 3 is 1.83 bits per heavy atom. The van der Waals surface area contributed by atoms with Crippen LogP contribution in [-0.4, -0.2) is 32.7 Å². The monoisotopic (exact) mass is 395 g/mol. The van der Waals surface area contributed by atoms with Crippen molar-refractivity contribution >= 4 is 41.0 Å². The number of aliphatic hydroxyl groups excluding tert-OH is 1. The molecule has 0 saturated heterocycles. The fourth-order valence-corrected chi connectivity index (χ4v) is 3.59. The normalized spacial score (nSPS) is 20.0. The van der Waals surface area contributed by atoms with Gasteiger partial charge in [-0.1, -0.05) is 0 Å². The zero-order chi connectivity index (χ0) is 21.7.